The lowest BCUT2D eigenvalue weighted by Crippen LogP contribution is -2.46. The van der Waals surface area contributed by atoms with E-state index in [0.717, 1.165) is 68.4 Å². The SMILES string of the molecule is CSc1cccc(NC(=O)CN2CCC(C(=O)N3CCC(C)CC3)CC2)c1. The van der Waals surface area contributed by atoms with E-state index in [0.29, 0.717) is 12.5 Å². The van der Waals surface area contributed by atoms with Gasteiger partial charge in [0.1, 0.15) is 0 Å². The van der Waals surface area contributed by atoms with Gasteiger partial charge >= 0.3 is 0 Å². The molecule has 0 aromatic heterocycles. The third-order valence-corrected chi connectivity index (χ3v) is 6.48. The fourth-order valence-corrected chi connectivity index (χ4v) is 4.39. The molecule has 2 amide bonds. The van der Waals surface area contributed by atoms with Crippen LogP contribution in [0, 0.1) is 11.8 Å². The number of rotatable bonds is 5. The Morgan fingerprint density at radius 3 is 2.48 bits per heavy atom. The smallest absolute Gasteiger partial charge is 0.238 e. The van der Waals surface area contributed by atoms with Crippen LogP contribution in [0.3, 0.4) is 0 Å². The van der Waals surface area contributed by atoms with Crippen molar-refractivity contribution in [3.05, 3.63) is 24.3 Å². The molecule has 1 aromatic carbocycles. The van der Waals surface area contributed by atoms with Gasteiger partial charge in [0.15, 0.2) is 0 Å². The van der Waals surface area contributed by atoms with E-state index in [1.165, 1.54) is 0 Å². The minimum absolute atomic E-state index is 0.0167. The Balaban J connectivity index is 1.42. The van der Waals surface area contributed by atoms with E-state index in [1.54, 1.807) is 11.8 Å². The molecule has 0 saturated carbocycles. The third-order valence-electron chi connectivity index (χ3n) is 5.75. The van der Waals surface area contributed by atoms with Crippen LogP contribution in [-0.4, -0.2) is 60.6 Å². The monoisotopic (exact) mass is 389 g/mol. The van der Waals surface area contributed by atoms with Gasteiger partial charge in [-0.15, -0.1) is 11.8 Å². The van der Waals surface area contributed by atoms with Crippen molar-refractivity contribution in [3.63, 3.8) is 0 Å². The van der Waals surface area contributed by atoms with Crippen LogP contribution in [0.25, 0.3) is 0 Å². The number of piperidine rings is 2. The van der Waals surface area contributed by atoms with Gasteiger partial charge in [0, 0.05) is 29.6 Å². The average molecular weight is 390 g/mol. The Kier molecular flexibility index (Phi) is 7.19. The van der Waals surface area contributed by atoms with Crippen molar-refractivity contribution in [2.24, 2.45) is 11.8 Å². The molecule has 5 nitrogen and oxygen atoms in total. The molecule has 1 N–H and O–H groups in total. The molecule has 6 heteroatoms. The van der Waals surface area contributed by atoms with E-state index >= 15 is 0 Å². The summed E-state index contributed by atoms with van der Waals surface area (Å²) in [7, 11) is 0. The van der Waals surface area contributed by atoms with Crippen LogP contribution in [0.2, 0.25) is 0 Å². The van der Waals surface area contributed by atoms with Crippen LogP contribution in [0.4, 0.5) is 5.69 Å². The molecule has 27 heavy (non-hydrogen) atoms. The zero-order valence-corrected chi connectivity index (χ0v) is 17.3. The van der Waals surface area contributed by atoms with Gasteiger partial charge in [-0.2, -0.15) is 0 Å². The number of hydrogen-bond donors (Lipinski definition) is 1. The number of benzene rings is 1. The molecule has 148 valence electrons. The Hall–Kier alpha value is -1.53. The molecule has 0 atom stereocenters. The number of likely N-dealkylation sites (tertiary alicyclic amines) is 2. The van der Waals surface area contributed by atoms with E-state index in [1.807, 2.05) is 30.5 Å². The van der Waals surface area contributed by atoms with Gasteiger partial charge in [0.2, 0.25) is 11.8 Å². The molecule has 2 saturated heterocycles. The van der Waals surface area contributed by atoms with E-state index in [2.05, 4.69) is 22.0 Å². The highest BCUT2D eigenvalue weighted by atomic mass is 32.2. The van der Waals surface area contributed by atoms with Crippen molar-refractivity contribution < 1.29 is 9.59 Å². The summed E-state index contributed by atoms with van der Waals surface area (Å²) in [4.78, 5) is 30.4. The highest BCUT2D eigenvalue weighted by Gasteiger charge is 2.30. The summed E-state index contributed by atoms with van der Waals surface area (Å²) >= 11 is 1.66. The first-order valence-corrected chi connectivity index (χ1v) is 11.2. The quantitative estimate of drug-likeness (QED) is 0.785. The molecular formula is C21H31N3O2S. The maximum atomic E-state index is 12.7. The summed E-state index contributed by atoms with van der Waals surface area (Å²) < 4.78 is 0. The first-order chi connectivity index (χ1) is 13.0. The lowest BCUT2D eigenvalue weighted by molar-refractivity contribution is -0.138. The van der Waals surface area contributed by atoms with Crippen LogP contribution < -0.4 is 5.32 Å². The second-order valence-electron chi connectivity index (χ2n) is 7.84. The Morgan fingerprint density at radius 1 is 1.11 bits per heavy atom. The predicted molar refractivity (Wildman–Crippen MR) is 111 cm³/mol. The summed E-state index contributed by atoms with van der Waals surface area (Å²) in [6.45, 7) is 6.13. The minimum atomic E-state index is 0.0167. The highest BCUT2D eigenvalue weighted by molar-refractivity contribution is 7.98. The number of nitrogens with one attached hydrogen (secondary N) is 1. The van der Waals surface area contributed by atoms with Gasteiger partial charge in [-0.25, -0.2) is 0 Å². The van der Waals surface area contributed by atoms with Gasteiger partial charge in [-0.05, 0) is 69.1 Å². The summed E-state index contributed by atoms with van der Waals surface area (Å²) in [5, 5.41) is 2.98. The summed E-state index contributed by atoms with van der Waals surface area (Å²) in [6, 6.07) is 7.90. The van der Waals surface area contributed by atoms with Crippen molar-refractivity contribution in [1.29, 1.82) is 0 Å². The molecule has 2 aliphatic rings. The minimum Gasteiger partial charge on any atom is -0.342 e. The van der Waals surface area contributed by atoms with Gasteiger partial charge in [-0.3, -0.25) is 14.5 Å². The molecular weight excluding hydrogens is 358 g/mol. The zero-order valence-electron chi connectivity index (χ0n) is 16.4. The summed E-state index contributed by atoms with van der Waals surface area (Å²) in [6.07, 6.45) is 6.00. The average Bonchev–Trinajstić information content (AvgIpc) is 2.68. The van der Waals surface area contributed by atoms with Crippen molar-refractivity contribution in [1.82, 2.24) is 9.80 Å². The molecule has 2 aliphatic heterocycles. The summed E-state index contributed by atoms with van der Waals surface area (Å²) in [5.74, 6) is 1.23. The fourth-order valence-electron chi connectivity index (χ4n) is 3.93. The first kappa shape index (κ1) is 20.2. The normalized spacial score (nSPS) is 19.9. The van der Waals surface area contributed by atoms with Crippen molar-refractivity contribution in [2.45, 2.75) is 37.5 Å². The standard InChI is InChI=1S/C21H31N3O2S/c1-16-6-12-24(13-7-16)21(26)17-8-10-23(11-9-17)15-20(25)22-18-4-3-5-19(14-18)27-2/h3-5,14,16-17H,6-13,15H2,1-2H3,(H,22,25). The van der Waals surface area contributed by atoms with Crippen LogP contribution >= 0.6 is 11.8 Å². The van der Waals surface area contributed by atoms with Gasteiger partial charge in [-0.1, -0.05) is 13.0 Å². The zero-order chi connectivity index (χ0) is 19.2. The van der Waals surface area contributed by atoms with Crippen molar-refractivity contribution >= 4 is 29.3 Å². The van der Waals surface area contributed by atoms with Crippen LogP contribution in [0.15, 0.2) is 29.2 Å². The number of anilines is 1. The van der Waals surface area contributed by atoms with Crippen LogP contribution in [0.1, 0.15) is 32.6 Å². The molecule has 2 heterocycles. The predicted octanol–water partition coefficient (Wildman–Crippen LogP) is 3.32. The Bertz CT molecular complexity index is 651. The number of hydrogen-bond acceptors (Lipinski definition) is 4. The third kappa shape index (κ3) is 5.72. The highest BCUT2D eigenvalue weighted by Crippen LogP contribution is 2.24. The fraction of sp³-hybridized carbons (Fsp3) is 0.619. The molecule has 0 bridgehead atoms. The maximum Gasteiger partial charge on any atom is 0.238 e. The first-order valence-electron chi connectivity index (χ1n) is 10.00. The molecule has 0 unspecified atom stereocenters. The molecule has 0 radical (unpaired) electrons. The molecule has 3 rings (SSSR count). The van der Waals surface area contributed by atoms with Crippen molar-refractivity contribution in [2.75, 3.05) is 44.3 Å². The molecule has 0 aliphatic carbocycles. The lowest BCUT2D eigenvalue weighted by atomic mass is 9.92. The maximum absolute atomic E-state index is 12.7. The van der Waals surface area contributed by atoms with Gasteiger partial charge in [0.05, 0.1) is 6.54 Å². The van der Waals surface area contributed by atoms with Crippen molar-refractivity contribution in [3.8, 4) is 0 Å². The molecule has 0 spiro atoms. The Morgan fingerprint density at radius 2 is 1.81 bits per heavy atom. The van der Waals surface area contributed by atoms with E-state index in [4.69, 9.17) is 0 Å². The molecule has 2 fully saturated rings. The van der Waals surface area contributed by atoms with Gasteiger partial charge in [0.25, 0.3) is 0 Å². The van der Waals surface area contributed by atoms with Crippen LogP contribution in [-0.2, 0) is 9.59 Å². The number of amides is 2. The van der Waals surface area contributed by atoms with Gasteiger partial charge < -0.3 is 10.2 Å². The Labute approximate surface area is 166 Å². The largest absolute Gasteiger partial charge is 0.342 e. The van der Waals surface area contributed by atoms with E-state index in [-0.39, 0.29) is 11.8 Å². The number of thioether (sulfide) groups is 1. The van der Waals surface area contributed by atoms with E-state index < -0.39 is 0 Å². The molecule has 1 aromatic rings. The second-order valence-corrected chi connectivity index (χ2v) is 8.72. The lowest BCUT2D eigenvalue weighted by Gasteiger charge is -2.36. The topological polar surface area (TPSA) is 52.7 Å². The number of carbonyl (C=O) groups is 2. The van der Waals surface area contributed by atoms with E-state index in [9.17, 15) is 9.59 Å². The second kappa shape index (κ2) is 9.60. The number of nitrogens with zero attached hydrogens (tertiary/aromatic N) is 2. The van der Waals surface area contributed by atoms with Crippen LogP contribution in [0.5, 0.6) is 0 Å². The number of carbonyl (C=O) groups excluding carboxylic acids is 2. The summed E-state index contributed by atoms with van der Waals surface area (Å²) in [5.41, 5.74) is 0.844.